The lowest BCUT2D eigenvalue weighted by molar-refractivity contribution is -0.385. The Balaban J connectivity index is 2.55. The van der Waals surface area contributed by atoms with Crippen LogP contribution < -0.4 is 5.73 Å². The highest BCUT2D eigenvalue weighted by Gasteiger charge is 2.37. The zero-order valence-electron chi connectivity index (χ0n) is 12.4. The normalized spacial score (nSPS) is 19.5. The van der Waals surface area contributed by atoms with Gasteiger partial charge in [-0.2, -0.15) is 4.31 Å². The van der Waals surface area contributed by atoms with E-state index in [1.807, 2.05) is 0 Å². The third kappa shape index (κ3) is 3.31. The molecule has 10 heteroatoms. The van der Waals surface area contributed by atoms with Gasteiger partial charge in [0.1, 0.15) is 6.04 Å². The number of carbonyl (C=O) groups is 1. The van der Waals surface area contributed by atoms with Crippen molar-refractivity contribution in [2.45, 2.75) is 37.1 Å². The molecule has 0 spiro atoms. The first kappa shape index (κ1) is 17.6. The maximum atomic E-state index is 12.8. The average molecular weight is 362 g/mol. The minimum Gasteiger partial charge on any atom is -0.368 e. The van der Waals surface area contributed by atoms with Gasteiger partial charge < -0.3 is 5.73 Å². The van der Waals surface area contributed by atoms with Crippen LogP contribution in [0.3, 0.4) is 0 Å². The van der Waals surface area contributed by atoms with Gasteiger partial charge in [-0.3, -0.25) is 14.9 Å². The van der Waals surface area contributed by atoms with Crippen molar-refractivity contribution < 1.29 is 18.1 Å². The molecule has 1 heterocycles. The molecular formula is C13H16ClN3O5S. The molecule has 0 aromatic heterocycles. The number of amides is 1. The molecule has 0 unspecified atom stereocenters. The summed E-state index contributed by atoms with van der Waals surface area (Å²) < 4.78 is 26.6. The van der Waals surface area contributed by atoms with Gasteiger partial charge in [0.2, 0.25) is 15.9 Å². The molecule has 1 fully saturated rings. The first-order valence-electron chi connectivity index (χ1n) is 6.92. The van der Waals surface area contributed by atoms with Crippen LogP contribution in [0.5, 0.6) is 0 Å². The molecule has 126 valence electrons. The summed E-state index contributed by atoms with van der Waals surface area (Å²) >= 11 is 5.93. The molecule has 0 radical (unpaired) electrons. The van der Waals surface area contributed by atoms with Crippen LogP contribution in [0.15, 0.2) is 17.0 Å². The van der Waals surface area contributed by atoms with Crippen molar-refractivity contribution >= 4 is 33.2 Å². The molecule has 0 saturated carbocycles. The molecule has 1 atom stereocenters. The second-order valence-electron chi connectivity index (χ2n) is 5.34. The van der Waals surface area contributed by atoms with Crippen molar-refractivity contribution in [1.82, 2.24) is 4.31 Å². The van der Waals surface area contributed by atoms with Crippen LogP contribution in [-0.4, -0.2) is 36.1 Å². The van der Waals surface area contributed by atoms with E-state index in [4.69, 9.17) is 17.3 Å². The lowest BCUT2D eigenvalue weighted by Crippen LogP contribution is -2.50. The van der Waals surface area contributed by atoms with Crippen LogP contribution in [0.25, 0.3) is 0 Å². The van der Waals surface area contributed by atoms with E-state index >= 15 is 0 Å². The van der Waals surface area contributed by atoms with Crippen molar-refractivity contribution in [3.8, 4) is 0 Å². The van der Waals surface area contributed by atoms with Gasteiger partial charge in [0.15, 0.2) is 0 Å². The monoisotopic (exact) mass is 361 g/mol. The summed E-state index contributed by atoms with van der Waals surface area (Å²) in [5, 5.41) is 11.0. The van der Waals surface area contributed by atoms with Crippen LogP contribution in [0.1, 0.15) is 24.8 Å². The standard InChI is InChI=1S/C13H16ClN3O5S/c1-8-10(14)6-9(7-12(8)17(19)20)23(21,22)16-5-3-2-4-11(16)13(15)18/h6-7,11H,2-5H2,1H3,(H2,15,18)/t11-/m1/s1. The Bertz CT molecular complexity index is 765. The summed E-state index contributed by atoms with van der Waals surface area (Å²) in [5.41, 5.74) is 5.08. The minimum atomic E-state index is -4.11. The van der Waals surface area contributed by atoms with E-state index in [2.05, 4.69) is 0 Å². The maximum Gasteiger partial charge on any atom is 0.275 e. The highest BCUT2D eigenvalue weighted by atomic mass is 35.5. The molecule has 8 nitrogen and oxygen atoms in total. The molecule has 1 aliphatic heterocycles. The van der Waals surface area contributed by atoms with Gasteiger partial charge in [-0.15, -0.1) is 0 Å². The molecule has 1 amide bonds. The number of nitrogens with zero attached hydrogens (tertiary/aromatic N) is 2. The molecule has 0 aliphatic carbocycles. The second kappa shape index (κ2) is 6.42. The zero-order chi connectivity index (χ0) is 17.4. The highest BCUT2D eigenvalue weighted by molar-refractivity contribution is 7.89. The van der Waals surface area contributed by atoms with E-state index in [-0.39, 0.29) is 27.7 Å². The van der Waals surface area contributed by atoms with E-state index in [0.717, 1.165) is 16.4 Å². The fourth-order valence-electron chi connectivity index (χ4n) is 2.59. The number of nitro benzene ring substituents is 1. The van der Waals surface area contributed by atoms with Crippen molar-refractivity contribution in [3.05, 3.63) is 32.8 Å². The summed E-state index contributed by atoms with van der Waals surface area (Å²) in [6.45, 7) is 1.57. The molecule has 1 aliphatic rings. The minimum absolute atomic E-state index is 0.0228. The molecule has 1 saturated heterocycles. The van der Waals surface area contributed by atoms with Crippen LogP contribution >= 0.6 is 11.6 Å². The number of nitro groups is 1. The smallest absolute Gasteiger partial charge is 0.275 e. The van der Waals surface area contributed by atoms with Crippen molar-refractivity contribution in [2.24, 2.45) is 5.73 Å². The number of nitrogens with two attached hydrogens (primary N) is 1. The Kier molecular flexibility index (Phi) is 4.92. The van der Waals surface area contributed by atoms with E-state index in [1.165, 1.54) is 6.92 Å². The lowest BCUT2D eigenvalue weighted by Gasteiger charge is -2.32. The number of primary amides is 1. The Labute approximate surface area is 138 Å². The van der Waals surface area contributed by atoms with Gasteiger partial charge in [0, 0.05) is 18.2 Å². The number of halogens is 1. The zero-order valence-corrected chi connectivity index (χ0v) is 13.9. The van der Waals surface area contributed by atoms with E-state index in [9.17, 15) is 23.3 Å². The highest BCUT2D eigenvalue weighted by Crippen LogP contribution is 2.32. The number of sulfonamides is 1. The van der Waals surface area contributed by atoms with Crippen molar-refractivity contribution in [1.29, 1.82) is 0 Å². The van der Waals surface area contributed by atoms with Gasteiger partial charge in [-0.1, -0.05) is 18.0 Å². The lowest BCUT2D eigenvalue weighted by atomic mass is 10.0. The van der Waals surface area contributed by atoms with E-state index in [1.54, 1.807) is 0 Å². The molecular weight excluding hydrogens is 346 g/mol. The summed E-state index contributed by atoms with van der Waals surface area (Å²) in [7, 11) is -4.11. The summed E-state index contributed by atoms with van der Waals surface area (Å²) in [5.74, 6) is -0.735. The Hall–Kier alpha value is -1.71. The first-order valence-corrected chi connectivity index (χ1v) is 8.73. The topological polar surface area (TPSA) is 124 Å². The largest absolute Gasteiger partial charge is 0.368 e. The van der Waals surface area contributed by atoms with Crippen LogP contribution in [-0.2, 0) is 14.8 Å². The molecule has 1 aromatic carbocycles. The first-order chi connectivity index (χ1) is 10.7. The summed E-state index contributed by atoms with van der Waals surface area (Å²) in [4.78, 5) is 21.6. The molecule has 2 rings (SSSR count). The van der Waals surface area contributed by atoms with Gasteiger partial charge in [-0.05, 0) is 25.8 Å². The van der Waals surface area contributed by atoms with Gasteiger partial charge in [-0.25, -0.2) is 8.42 Å². The van der Waals surface area contributed by atoms with Gasteiger partial charge >= 0.3 is 0 Å². The maximum absolute atomic E-state index is 12.8. The third-order valence-corrected chi connectivity index (χ3v) is 6.15. The molecule has 0 bridgehead atoms. The average Bonchev–Trinajstić information content (AvgIpc) is 2.49. The predicted octanol–water partition coefficient (Wildman–Crippen LogP) is 1.59. The predicted molar refractivity (Wildman–Crippen MR) is 83.6 cm³/mol. The van der Waals surface area contributed by atoms with Crippen LogP contribution in [0.2, 0.25) is 5.02 Å². The van der Waals surface area contributed by atoms with Crippen molar-refractivity contribution in [3.63, 3.8) is 0 Å². The number of benzene rings is 1. The third-order valence-electron chi connectivity index (χ3n) is 3.88. The van der Waals surface area contributed by atoms with E-state index in [0.29, 0.717) is 19.3 Å². The fourth-order valence-corrected chi connectivity index (χ4v) is 4.58. The molecule has 23 heavy (non-hydrogen) atoms. The quantitative estimate of drug-likeness (QED) is 0.644. The molecule has 2 N–H and O–H groups in total. The van der Waals surface area contributed by atoms with Crippen LogP contribution in [0.4, 0.5) is 5.69 Å². The van der Waals surface area contributed by atoms with Crippen molar-refractivity contribution in [2.75, 3.05) is 6.54 Å². The number of piperidine rings is 1. The SMILES string of the molecule is Cc1c(Cl)cc(S(=O)(=O)N2CCCC[C@@H]2C(N)=O)cc1[N+](=O)[O-]. The Morgan fingerprint density at radius 3 is 2.65 bits per heavy atom. The number of carbonyl (C=O) groups excluding carboxylic acids is 1. The molecule has 1 aromatic rings. The number of hydrogen-bond donors (Lipinski definition) is 1. The number of hydrogen-bond acceptors (Lipinski definition) is 5. The number of rotatable bonds is 4. The second-order valence-corrected chi connectivity index (χ2v) is 7.63. The Morgan fingerprint density at radius 2 is 2.09 bits per heavy atom. The van der Waals surface area contributed by atoms with Gasteiger partial charge in [0.25, 0.3) is 5.69 Å². The summed E-state index contributed by atoms with van der Waals surface area (Å²) in [6.07, 6.45) is 1.61. The van der Waals surface area contributed by atoms with Crippen LogP contribution in [0, 0.1) is 17.0 Å². The fraction of sp³-hybridized carbons (Fsp3) is 0.462. The summed E-state index contributed by atoms with van der Waals surface area (Å²) in [6, 6.07) is 1.17. The van der Waals surface area contributed by atoms with Gasteiger partial charge in [0.05, 0.1) is 14.8 Å². The van der Waals surface area contributed by atoms with E-state index < -0.39 is 26.9 Å². The Morgan fingerprint density at radius 1 is 1.43 bits per heavy atom.